The van der Waals surface area contributed by atoms with Crippen molar-refractivity contribution in [3.05, 3.63) is 66.5 Å². The van der Waals surface area contributed by atoms with Crippen LogP contribution in [0.2, 0.25) is 0 Å². The topological polar surface area (TPSA) is 105 Å². The van der Waals surface area contributed by atoms with Crippen LogP contribution in [-0.2, 0) is 9.53 Å². The van der Waals surface area contributed by atoms with Gasteiger partial charge in [-0.1, -0.05) is 12.1 Å². The maximum atomic E-state index is 11.7. The zero-order chi connectivity index (χ0) is 19.9. The van der Waals surface area contributed by atoms with Gasteiger partial charge in [-0.3, -0.25) is 4.79 Å². The largest absolute Gasteiger partial charge is 0.465 e. The minimum absolute atomic E-state index is 0.139. The summed E-state index contributed by atoms with van der Waals surface area (Å²) in [7, 11) is 1.34. The highest BCUT2D eigenvalue weighted by molar-refractivity contribution is 5.90. The van der Waals surface area contributed by atoms with Gasteiger partial charge >= 0.3 is 5.97 Å². The second-order valence-corrected chi connectivity index (χ2v) is 5.87. The van der Waals surface area contributed by atoms with Gasteiger partial charge in [-0.2, -0.15) is 0 Å². The first-order valence-corrected chi connectivity index (χ1v) is 8.45. The third kappa shape index (κ3) is 5.04. The first-order chi connectivity index (χ1) is 13.5. The fourth-order valence-corrected chi connectivity index (χ4v) is 2.51. The molecule has 0 spiro atoms. The number of aromatic nitrogens is 2. The Bertz CT molecular complexity index is 1010. The molecule has 3 aromatic rings. The Hall–Kier alpha value is -3.94. The standard InChI is InChI=1S/C20H19N5O3/c1-13(26)23-16-7-4-8-17(10-16)25-19-11-18(21-12-22-19)24-15-6-3-5-14(9-15)20(27)28-2/h3-12H,1-2H3,(H,23,26)(H2,21,22,24,25). The number of methoxy groups -OCH3 is 1. The van der Waals surface area contributed by atoms with E-state index in [-0.39, 0.29) is 5.91 Å². The van der Waals surface area contributed by atoms with Crippen LogP contribution < -0.4 is 16.0 Å². The molecule has 0 aliphatic rings. The molecule has 0 radical (unpaired) electrons. The zero-order valence-electron chi connectivity index (χ0n) is 15.4. The molecule has 1 heterocycles. The Kier molecular flexibility index (Phi) is 5.81. The van der Waals surface area contributed by atoms with E-state index in [2.05, 4.69) is 25.9 Å². The summed E-state index contributed by atoms with van der Waals surface area (Å²) in [6.45, 7) is 1.46. The molecule has 0 fully saturated rings. The maximum Gasteiger partial charge on any atom is 0.337 e. The summed E-state index contributed by atoms with van der Waals surface area (Å²) in [4.78, 5) is 31.2. The molecule has 8 nitrogen and oxygen atoms in total. The van der Waals surface area contributed by atoms with Crippen molar-refractivity contribution in [2.75, 3.05) is 23.1 Å². The zero-order valence-corrected chi connectivity index (χ0v) is 15.4. The molecule has 0 saturated carbocycles. The van der Waals surface area contributed by atoms with Crippen molar-refractivity contribution >= 4 is 40.6 Å². The number of nitrogens with zero attached hydrogens (tertiary/aromatic N) is 2. The van der Waals surface area contributed by atoms with Crippen LogP contribution in [0.3, 0.4) is 0 Å². The Morgan fingerprint density at radius 2 is 1.46 bits per heavy atom. The van der Waals surface area contributed by atoms with E-state index in [1.165, 1.54) is 20.4 Å². The normalized spacial score (nSPS) is 10.1. The first kappa shape index (κ1) is 18.8. The van der Waals surface area contributed by atoms with Gasteiger partial charge in [0.1, 0.15) is 18.0 Å². The van der Waals surface area contributed by atoms with E-state index in [4.69, 9.17) is 4.74 Å². The molecule has 0 bridgehead atoms. The average Bonchev–Trinajstić information content (AvgIpc) is 2.67. The molecule has 3 rings (SSSR count). The number of rotatable bonds is 6. The lowest BCUT2D eigenvalue weighted by molar-refractivity contribution is -0.114. The second kappa shape index (κ2) is 8.63. The van der Waals surface area contributed by atoms with E-state index >= 15 is 0 Å². The van der Waals surface area contributed by atoms with E-state index < -0.39 is 5.97 Å². The Balaban J connectivity index is 1.74. The number of esters is 1. The lowest BCUT2D eigenvalue weighted by Gasteiger charge is -2.10. The summed E-state index contributed by atoms with van der Waals surface area (Å²) >= 11 is 0. The van der Waals surface area contributed by atoms with Crippen molar-refractivity contribution in [1.82, 2.24) is 9.97 Å². The summed E-state index contributed by atoms with van der Waals surface area (Å²) in [5, 5.41) is 9.03. The van der Waals surface area contributed by atoms with Crippen LogP contribution in [0.4, 0.5) is 28.7 Å². The fraction of sp³-hybridized carbons (Fsp3) is 0.100. The minimum atomic E-state index is -0.409. The lowest BCUT2D eigenvalue weighted by Crippen LogP contribution is -2.06. The third-order valence-electron chi connectivity index (χ3n) is 3.68. The number of hydrogen-bond acceptors (Lipinski definition) is 7. The summed E-state index contributed by atoms with van der Waals surface area (Å²) in [5.74, 6) is 0.576. The fourth-order valence-electron chi connectivity index (χ4n) is 2.51. The van der Waals surface area contributed by atoms with Crippen molar-refractivity contribution in [3.8, 4) is 0 Å². The molecular weight excluding hydrogens is 358 g/mol. The molecule has 0 aliphatic heterocycles. The summed E-state index contributed by atoms with van der Waals surface area (Å²) < 4.78 is 4.73. The van der Waals surface area contributed by atoms with E-state index in [0.717, 1.165) is 5.69 Å². The van der Waals surface area contributed by atoms with Gasteiger partial charge in [0, 0.05) is 30.1 Å². The highest BCUT2D eigenvalue weighted by atomic mass is 16.5. The summed E-state index contributed by atoms with van der Waals surface area (Å²) in [6, 6.07) is 15.9. The maximum absolute atomic E-state index is 11.7. The monoisotopic (exact) mass is 377 g/mol. The number of nitrogens with one attached hydrogen (secondary N) is 3. The van der Waals surface area contributed by atoms with Crippen molar-refractivity contribution < 1.29 is 14.3 Å². The van der Waals surface area contributed by atoms with E-state index in [1.807, 2.05) is 18.2 Å². The second-order valence-electron chi connectivity index (χ2n) is 5.87. The van der Waals surface area contributed by atoms with Crippen molar-refractivity contribution in [2.24, 2.45) is 0 Å². The van der Waals surface area contributed by atoms with Crippen LogP contribution in [0.15, 0.2) is 60.9 Å². The quantitative estimate of drug-likeness (QED) is 0.562. The predicted octanol–water partition coefficient (Wildman–Crippen LogP) is 3.71. The van der Waals surface area contributed by atoms with Gasteiger partial charge < -0.3 is 20.7 Å². The molecule has 0 aliphatic carbocycles. The molecule has 28 heavy (non-hydrogen) atoms. The van der Waals surface area contributed by atoms with Crippen molar-refractivity contribution in [3.63, 3.8) is 0 Å². The molecule has 3 N–H and O–H groups in total. The first-order valence-electron chi connectivity index (χ1n) is 8.45. The number of anilines is 5. The Morgan fingerprint density at radius 3 is 2.11 bits per heavy atom. The molecule has 1 amide bonds. The number of carbonyl (C=O) groups is 2. The highest BCUT2D eigenvalue weighted by Crippen LogP contribution is 2.22. The smallest absolute Gasteiger partial charge is 0.337 e. The van der Waals surface area contributed by atoms with Gasteiger partial charge in [0.2, 0.25) is 5.91 Å². The Morgan fingerprint density at radius 1 is 0.857 bits per heavy atom. The molecule has 1 aromatic heterocycles. The molecular formula is C20H19N5O3. The van der Waals surface area contributed by atoms with Crippen LogP contribution in [0.1, 0.15) is 17.3 Å². The van der Waals surface area contributed by atoms with Crippen molar-refractivity contribution in [2.45, 2.75) is 6.92 Å². The molecule has 0 unspecified atom stereocenters. The number of carbonyl (C=O) groups excluding carboxylic acids is 2. The van der Waals surface area contributed by atoms with E-state index in [0.29, 0.717) is 28.6 Å². The number of ether oxygens (including phenoxy) is 1. The number of benzene rings is 2. The lowest BCUT2D eigenvalue weighted by atomic mass is 10.2. The van der Waals surface area contributed by atoms with E-state index in [9.17, 15) is 9.59 Å². The molecule has 2 aromatic carbocycles. The van der Waals surface area contributed by atoms with Gasteiger partial charge in [0.15, 0.2) is 0 Å². The highest BCUT2D eigenvalue weighted by Gasteiger charge is 2.07. The van der Waals surface area contributed by atoms with Crippen LogP contribution in [0.5, 0.6) is 0 Å². The van der Waals surface area contributed by atoms with Crippen LogP contribution in [0.25, 0.3) is 0 Å². The van der Waals surface area contributed by atoms with Crippen LogP contribution in [0, 0.1) is 0 Å². The predicted molar refractivity (Wildman–Crippen MR) is 107 cm³/mol. The van der Waals surface area contributed by atoms with Gasteiger partial charge in [-0.05, 0) is 36.4 Å². The SMILES string of the molecule is COC(=O)c1cccc(Nc2cc(Nc3cccc(NC(C)=O)c3)ncn2)c1. The molecule has 142 valence electrons. The van der Waals surface area contributed by atoms with Crippen molar-refractivity contribution in [1.29, 1.82) is 0 Å². The van der Waals surface area contributed by atoms with Gasteiger partial charge in [-0.25, -0.2) is 14.8 Å². The summed E-state index contributed by atoms with van der Waals surface area (Å²) in [5.41, 5.74) is 2.59. The third-order valence-corrected chi connectivity index (χ3v) is 3.68. The minimum Gasteiger partial charge on any atom is -0.465 e. The molecule has 0 saturated heterocycles. The molecule has 8 heteroatoms. The molecule has 0 atom stereocenters. The number of hydrogen-bond donors (Lipinski definition) is 3. The summed E-state index contributed by atoms with van der Waals surface area (Å²) in [6.07, 6.45) is 1.42. The van der Waals surface area contributed by atoms with Gasteiger partial charge in [-0.15, -0.1) is 0 Å². The average molecular weight is 377 g/mol. The van der Waals surface area contributed by atoms with Gasteiger partial charge in [0.25, 0.3) is 0 Å². The van der Waals surface area contributed by atoms with Gasteiger partial charge in [0.05, 0.1) is 12.7 Å². The van der Waals surface area contributed by atoms with Crippen LogP contribution in [-0.4, -0.2) is 29.0 Å². The number of amides is 1. The Labute approximate surface area is 162 Å². The van der Waals surface area contributed by atoms with E-state index in [1.54, 1.807) is 36.4 Å². The van der Waals surface area contributed by atoms with Crippen LogP contribution >= 0.6 is 0 Å².